The van der Waals surface area contributed by atoms with Gasteiger partial charge in [-0.1, -0.05) is 31.2 Å². The van der Waals surface area contributed by atoms with Crippen molar-refractivity contribution >= 4 is 11.4 Å². The molecule has 4 N–H and O–H groups in total. The van der Waals surface area contributed by atoms with Crippen LogP contribution in [0.25, 0.3) is 5.69 Å². The van der Waals surface area contributed by atoms with Crippen LogP contribution in [0.2, 0.25) is 0 Å². The maximum absolute atomic E-state index is 12.8. The number of anilines is 2. The second-order valence-electron chi connectivity index (χ2n) is 12.7. The van der Waals surface area contributed by atoms with E-state index in [4.69, 9.17) is 25.7 Å². The van der Waals surface area contributed by atoms with E-state index in [0.29, 0.717) is 19.6 Å². The Morgan fingerprint density at radius 2 is 1.61 bits per heavy atom. The van der Waals surface area contributed by atoms with Crippen molar-refractivity contribution in [2.75, 3.05) is 49.2 Å². The first kappa shape index (κ1) is 33.9. The van der Waals surface area contributed by atoms with Crippen LogP contribution in [0.3, 0.4) is 0 Å². The van der Waals surface area contributed by atoms with Crippen LogP contribution in [0.15, 0.2) is 108 Å². The van der Waals surface area contributed by atoms with Crippen molar-refractivity contribution < 1.29 is 14.2 Å². The molecule has 0 aliphatic carbocycles. The Bertz CT molecular complexity index is 1810. The minimum Gasteiger partial charge on any atom is -0.491 e. The molecular weight excluding hydrogens is 618 g/mol. The number of aryl methyl sites for hydroxylation is 1. The lowest BCUT2D eigenvalue weighted by Gasteiger charge is -2.37. The molecule has 3 atom stereocenters. The molecule has 258 valence electrons. The first-order valence-corrected chi connectivity index (χ1v) is 17.0. The van der Waals surface area contributed by atoms with Crippen LogP contribution >= 0.6 is 0 Å². The summed E-state index contributed by atoms with van der Waals surface area (Å²) in [7, 11) is 0. The Hall–Kier alpha value is -5.00. The van der Waals surface area contributed by atoms with Gasteiger partial charge in [-0.05, 0) is 98.4 Å². The SMILES string of the molecule is CCC(C)n1ncn(-c2ccc(N3CCN(c4ccc(OC[C@@H]5CO[C@](CC(/C=C\N)=C/N)(c6ccccc6C)O5)cc4)CC3)cc2)c1=O. The Balaban J connectivity index is 1.02. The zero-order valence-corrected chi connectivity index (χ0v) is 28.6. The Kier molecular flexibility index (Phi) is 10.4. The van der Waals surface area contributed by atoms with E-state index in [1.165, 1.54) is 12.4 Å². The molecule has 49 heavy (non-hydrogen) atoms. The topological polar surface area (TPSA) is 126 Å². The number of nitrogens with two attached hydrogens (primary N) is 2. The summed E-state index contributed by atoms with van der Waals surface area (Å²) in [5, 5.41) is 4.30. The van der Waals surface area contributed by atoms with E-state index in [2.05, 4.69) is 46.1 Å². The molecule has 2 fully saturated rings. The Morgan fingerprint density at radius 3 is 2.22 bits per heavy atom. The number of hydrogen-bond acceptors (Lipinski definition) is 9. The average molecular weight is 666 g/mol. The molecule has 1 unspecified atom stereocenters. The highest BCUT2D eigenvalue weighted by molar-refractivity contribution is 5.54. The van der Waals surface area contributed by atoms with Crippen LogP contribution in [0.1, 0.15) is 43.9 Å². The summed E-state index contributed by atoms with van der Waals surface area (Å²) in [5.74, 6) is -0.198. The molecule has 2 aliphatic rings. The number of nitrogens with zero attached hydrogens (tertiary/aromatic N) is 5. The zero-order chi connectivity index (χ0) is 34.4. The van der Waals surface area contributed by atoms with Crippen molar-refractivity contribution in [3.63, 3.8) is 0 Å². The zero-order valence-electron chi connectivity index (χ0n) is 28.6. The third-order valence-corrected chi connectivity index (χ3v) is 9.49. The molecule has 6 rings (SSSR count). The van der Waals surface area contributed by atoms with Gasteiger partial charge in [-0.15, -0.1) is 0 Å². The molecule has 3 aromatic carbocycles. The predicted octanol–water partition coefficient (Wildman–Crippen LogP) is 4.99. The molecule has 0 spiro atoms. The molecule has 1 aromatic heterocycles. The largest absolute Gasteiger partial charge is 0.491 e. The van der Waals surface area contributed by atoms with Gasteiger partial charge in [-0.25, -0.2) is 14.0 Å². The fraction of sp³-hybridized carbons (Fsp3) is 0.368. The quantitative estimate of drug-likeness (QED) is 0.201. The fourth-order valence-electron chi connectivity index (χ4n) is 6.50. The van der Waals surface area contributed by atoms with Gasteiger partial charge >= 0.3 is 5.69 Å². The number of allylic oxidation sites excluding steroid dienone is 1. The first-order chi connectivity index (χ1) is 23.8. The highest BCUT2D eigenvalue weighted by Crippen LogP contribution is 2.41. The summed E-state index contributed by atoms with van der Waals surface area (Å²) in [6.07, 6.45) is 7.40. The van der Waals surface area contributed by atoms with Gasteiger partial charge in [0.1, 0.15) is 24.8 Å². The molecule has 3 heterocycles. The summed E-state index contributed by atoms with van der Waals surface area (Å²) >= 11 is 0. The van der Waals surface area contributed by atoms with Crippen LogP contribution in [-0.4, -0.2) is 59.8 Å². The van der Waals surface area contributed by atoms with Crippen LogP contribution in [-0.2, 0) is 15.3 Å². The van der Waals surface area contributed by atoms with Gasteiger partial charge in [0.15, 0.2) is 5.79 Å². The maximum Gasteiger partial charge on any atom is 0.350 e. The highest BCUT2D eigenvalue weighted by Gasteiger charge is 2.44. The highest BCUT2D eigenvalue weighted by atomic mass is 16.8. The number of aromatic nitrogens is 3. The van der Waals surface area contributed by atoms with E-state index in [1.807, 2.05) is 62.4 Å². The van der Waals surface area contributed by atoms with Crippen molar-refractivity contribution in [1.82, 2.24) is 14.3 Å². The van der Waals surface area contributed by atoms with Crippen LogP contribution in [0, 0.1) is 6.92 Å². The van der Waals surface area contributed by atoms with E-state index in [9.17, 15) is 4.79 Å². The van der Waals surface area contributed by atoms with E-state index >= 15 is 0 Å². The van der Waals surface area contributed by atoms with Gasteiger partial charge in [-0.3, -0.25) is 0 Å². The van der Waals surface area contributed by atoms with Gasteiger partial charge in [-0.2, -0.15) is 5.10 Å². The first-order valence-electron chi connectivity index (χ1n) is 17.0. The summed E-state index contributed by atoms with van der Waals surface area (Å²) < 4.78 is 22.3. The molecule has 4 aromatic rings. The van der Waals surface area contributed by atoms with E-state index < -0.39 is 5.79 Å². The number of ether oxygens (including phenoxy) is 3. The Morgan fingerprint density at radius 1 is 0.980 bits per heavy atom. The minimum absolute atomic E-state index is 0.0685. The van der Waals surface area contributed by atoms with Crippen molar-refractivity contribution in [3.8, 4) is 11.4 Å². The minimum atomic E-state index is -0.977. The number of hydrogen-bond donors (Lipinski definition) is 2. The standard InChI is InChI=1S/C38H47N7O4/c1-4-29(3)45-37(46)44(27-41-45)33-11-9-31(10-12-33)42-19-21-43(22-20-42)32-13-15-34(16-14-32)47-25-35-26-48-38(49-35,23-30(24-40)17-18-39)36-8-6-5-7-28(36)2/h5-18,24,27,29,35H,4,19-23,25-26,39-40H2,1-3H3/b18-17-,30-24+/t29?,35-,38+/m1/s1. The van der Waals surface area contributed by atoms with Crippen molar-refractivity contribution in [3.05, 3.63) is 125 Å². The fourth-order valence-corrected chi connectivity index (χ4v) is 6.50. The molecule has 0 saturated carbocycles. The monoisotopic (exact) mass is 665 g/mol. The third-order valence-electron chi connectivity index (χ3n) is 9.49. The molecule has 0 amide bonds. The second kappa shape index (κ2) is 15.0. The molecule has 0 bridgehead atoms. The summed E-state index contributed by atoms with van der Waals surface area (Å²) in [5.41, 5.74) is 17.4. The van der Waals surface area contributed by atoms with E-state index in [-0.39, 0.29) is 17.8 Å². The normalized spacial score (nSPS) is 20.6. The lowest BCUT2D eigenvalue weighted by Crippen LogP contribution is -2.46. The molecular formula is C38H47N7O4. The summed E-state index contributed by atoms with van der Waals surface area (Å²) in [6.45, 7) is 10.4. The lowest BCUT2D eigenvalue weighted by atomic mass is 9.94. The number of piperazine rings is 1. The van der Waals surface area contributed by atoms with Gasteiger partial charge < -0.3 is 35.5 Å². The average Bonchev–Trinajstić information content (AvgIpc) is 3.74. The molecule has 2 saturated heterocycles. The third kappa shape index (κ3) is 7.38. The molecule has 2 aliphatic heterocycles. The number of rotatable bonds is 12. The molecule has 11 heteroatoms. The lowest BCUT2D eigenvalue weighted by molar-refractivity contribution is -0.178. The molecule has 11 nitrogen and oxygen atoms in total. The smallest absolute Gasteiger partial charge is 0.350 e. The Labute approximate surface area is 288 Å². The van der Waals surface area contributed by atoms with Gasteiger partial charge in [0.05, 0.1) is 18.3 Å². The van der Waals surface area contributed by atoms with E-state index in [1.54, 1.807) is 21.7 Å². The van der Waals surface area contributed by atoms with Crippen molar-refractivity contribution in [2.24, 2.45) is 11.5 Å². The van der Waals surface area contributed by atoms with Crippen LogP contribution in [0.4, 0.5) is 11.4 Å². The van der Waals surface area contributed by atoms with Gasteiger partial charge in [0, 0.05) is 49.5 Å². The van der Waals surface area contributed by atoms with E-state index in [0.717, 1.165) is 72.1 Å². The number of benzene rings is 3. The summed E-state index contributed by atoms with van der Waals surface area (Å²) in [4.78, 5) is 17.6. The second-order valence-corrected chi connectivity index (χ2v) is 12.7. The summed E-state index contributed by atoms with van der Waals surface area (Å²) in [6, 6.07) is 24.5. The van der Waals surface area contributed by atoms with Crippen molar-refractivity contribution in [2.45, 2.75) is 51.5 Å². The predicted molar refractivity (Wildman–Crippen MR) is 193 cm³/mol. The van der Waals surface area contributed by atoms with Gasteiger partial charge in [0.2, 0.25) is 0 Å². The van der Waals surface area contributed by atoms with Crippen LogP contribution in [0.5, 0.6) is 5.75 Å². The van der Waals surface area contributed by atoms with Gasteiger partial charge in [0.25, 0.3) is 0 Å². The van der Waals surface area contributed by atoms with Crippen molar-refractivity contribution in [1.29, 1.82) is 0 Å². The maximum atomic E-state index is 12.8. The van der Waals surface area contributed by atoms with Crippen LogP contribution < -0.4 is 31.7 Å². The molecule has 0 radical (unpaired) electrons.